The molecule has 0 bridgehead atoms. The van der Waals surface area contributed by atoms with Gasteiger partial charge in [0.05, 0.1) is 30.8 Å². The molecule has 10 rings (SSSR count). The average Bonchev–Trinajstić information content (AvgIpc) is 3.99. The Morgan fingerprint density at radius 1 is 0.814 bits per heavy atom. The number of pyridine rings is 1. The van der Waals surface area contributed by atoms with E-state index in [2.05, 4.69) is 42.5 Å². The highest BCUT2D eigenvalue weighted by Crippen LogP contribution is 2.54. The van der Waals surface area contributed by atoms with Gasteiger partial charge in [-0.15, -0.1) is 0 Å². The highest BCUT2D eigenvalue weighted by atomic mass is 19.1. The van der Waals surface area contributed by atoms with Gasteiger partial charge in [-0.1, -0.05) is 103 Å². The summed E-state index contributed by atoms with van der Waals surface area (Å²) < 4.78 is 49.7. The van der Waals surface area contributed by atoms with Crippen LogP contribution in [0.15, 0.2) is 140 Å². The van der Waals surface area contributed by atoms with Gasteiger partial charge in [0, 0.05) is 60.3 Å². The van der Waals surface area contributed by atoms with Gasteiger partial charge in [0.1, 0.15) is 41.9 Å². The van der Waals surface area contributed by atoms with Crippen molar-refractivity contribution in [1.82, 2.24) is 19.7 Å². The summed E-state index contributed by atoms with van der Waals surface area (Å²) in [6, 6.07) is 43.0. The molecule has 8 aromatic rings. The second kappa shape index (κ2) is 19.3. The van der Waals surface area contributed by atoms with Crippen LogP contribution in [0.2, 0.25) is 0 Å². The van der Waals surface area contributed by atoms with Crippen molar-refractivity contribution < 1.29 is 42.8 Å². The Bertz CT molecular complexity index is 3100. The quantitative estimate of drug-likeness (QED) is 0.0737. The van der Waals surface area contributed by atoms with Crippen molar-refractivity contribution in [2.75, 3.05) is 33.9 Å². The molecule has 2 aromatic heterocycles. The maximum absolute atomic E-state index is 17.1. The molecule has 356 valence electrons. The molecular weight excluding hydrogens is 888 g/mol. The zero-order valence-corrected chi connectivity index (χ0v) is 39.4. The van der Waals surface area contributed by atoms with Gasteiger partial charge in [-0.2, -0.15) is 5.10 Å². The zero-order chi connectivity index (χ0) is 48.5. The number of amides is 1. The molecule has 2 fully saturated rings. The molecule has 0 unspecified atom stereocenters. The largest absolute Gasteiger partial charge is 0.488 e. The lowest BCUT2D eigenvalue weighted by Crippen LogP contribution is -2.38. The van der Waals surface area contributed by atoms with Crippen LogP contribution in [0.1, 0.15) is 75.8 Å². The third kappa shape index (κ3) is 8.66. The molecule has 0 radical (unpaired) electrons. The van der Waals surface area contributed by atoms with Gasteiger partial charge >= 0.3 is 12.1 Å². The lowest BCUT2D eigenvalue weighted by atomic mass is 9.77. The molecule has 2 atom stereocenters. The molecule has 1 amide bonds. The van der Waals surface area contributed by atoms with Crippen LogP contribution in [0.4, 0.5) is 9.18 Å². The molecular formula is C57H53FN4O8. The van der Waals surface area contributed by atoms with Crippen LogP contribution in [0.3, 0.4) is 0 Å². The van der Waals surface area contributed by atoms with Crippen molar-refractivity contribution >= 4 is 33.9 Å². The molecule has 1 N–H and O–H groups in total. The van der Waals surface area contributed by atoms with Crippen LogP contribution < -0.4 is 14.2 Å². The zero-order valence-electron chi connectivity index (χ0n) is 39.4. The Balaban J connectivity index is 1.25. The van der Waals surface area contributed by atoms with E-state index in [1.807, 2.05) is 84.5 Å². The first-order valence-corrected chi connectivity index (χ1v) is 23.5. The van der Waals surface area contributed by atoms with E-state index in [0.717, 1.165) is 40.7 Å². The fourth-order valence-electron chi connectivity index (χ4n) is 9.71. The lowest BCUT2D eigenvalue weighted by Gasteiger charge is -2.36. The van der Waals surface area contributed by atoms with Gasteiger partial charge in [-0.3, -0.25) is 4.68 Å². The van der Waals surface area contributed by atoms with Gasteiger partial charge in [0.15, 0.2) is 5.75 Å². The Morgan fingerprint density at radius 3 is 2.03 bits per heavy atom. The first kappa shape index (κ1) is 46.0. The Hall–Kier alpha value is -7.77. The first-order valence-electron chi connectivity index (χ1n) is 23.5. The smallest absolute Gasteiger partial charge is 0.407 e. The molecule has 70 heavy (non-hydrogen) atoms. The van der Waals surface area contributed by atoms with E-state index in [4.69, 9.17) is 33.8 Å². The molecule has 2 aliphatic rings. The Morgan fingerprint density at radius 2 is 1.46 bits per heavy atom. The number of nitrogens with zero attached hydrogens (tertiary/aromatic N) is 4. The molecule has 3 heterocycles. The second-order valence-corrected chi connectivity index (χ2v) is 18.1. The van der Waals surface area contributed by atoms with Crippen molar-refractivity contribution in [3.63, 3.8) is 0 Å². The summed E-state index contributed by atoms with van der Waals surface area (Å²) in [6.45, 7) is 4.43. The fraction of sp³-hybridized carbons (Fsp3) is 0.263. The number of carbonyl (C=O) groups excluding carboxylic acids is 1. The van der Waals surface area contributed by atoms with Crippen molar-refractivity contribution in [2.45, 2.75) is 63.4 Å². The number of fused-ring (bicyclic) bond motifs is 2. The topological polar surface area (TPSA) is 134 Å². The summed E-state index contributed by atoms with van der Waals surface area (Å²) in [5.41, 5.74) is 6.53. The normalized spacial score (nSPS) is 15.3. The van der Waals surface area contributed by atoms with Crippen LogP contribution in [-0.4, -0.2) is 83.0 Å². The van der Waals surface area contributed by atoms with Gasteiger partial charge in [0.25, 0.3) is 0 Å². The number of halogens is 1. The number of likely N-dealkylation sites (tertiary alicyclic amines) is 1. The van der Waals surface area contributed by atoms with E-state index in [1.54, 1.807) is 32.2 Å². The van der Waals surface area contributed by atoms with E-state index in [1.165, 1.54) is 18.1 Å². The summed E-state index contributed by atoms with van der Waals surface area (Å²) in [7, 11) is 2.94. The standard InChI is InChI=1S/C57H53FN4O8/c1-35(66-3)33-68-50-30-49(70-43-26-27-61(31-43)56(64)65)45-28-44(38-24-25-38)52(54(53(45)59-50)69-34-37-20-22-39(23-21-37)55(63)67-4)51-36(2)47(58)29-48-46(51)32-62(60-48)57(40-14-8-5-9-15-40,41-16-10-6-11-17-41)42-18-12-7-13-19-42/h5-23,28-30,32,35,38,43H,24-27,31,33-34H2,1-4H3,(H,64,65)/t35-,43-/m0/s1. The third-order valence-corrected chi connectivity index (χ3v) is 13.6. The highest BCUT2D eigenvalue weighted by Gasteiger charge is 2.41. The van der Waals surface area contributed by atoms with Crippen LogP contribution in [0, 0.1) is 12.7 Å². The minimum atomic E-state index is -1.01. The summed E-state index contributed by atoms with van der Waals surface area (Å²) in [5, 5.41) is 16.5. The van der Waals surface area contributed by atoms with Crippen LogP contribution >= 0.6 is 0 Å². The molecule has 1 saturated carbocycles. The minimum Gasteiger partial charge on any atom is -0.488 e. The number of methoxy groups -OCH3 is 2. The van der Waals surface area contributed by atoms with E-state index < -0.39 is 29.5 Å². The van der Waals surface area contributed by atoms with E-state index in [9.17, 15) is 14.7 Å². The summed E-state index contributed by atoms with van der Waals surface area (Å²) in [6.07, 6.45) is 2.58. The number of esters is 1. The van der Waals surface area contributed by atoms with E-state index in [0.29, 0.717) is 68.5 Å². The summed E-state index contributed by atoms with van der Waals surface area (Å²) in [4.78, 5) is 30.9. The van der Waals surface area contributed by atoms with E-state index >= 15 is 4.39 Å². The molecule has 6 aromatic carbocycles. The number of benzene rings is 6. The number of rotatable bonds is 16. The SMILES string of the molecule is COC(=O)c1ccc(COc2c(-c3c(C)c(F)cc4nn(C(c5ccccc5)(c5ccccc5)c5ccccc5)cc34)c(C3CC3)cc3c(O[C@H]4CCN(C(=O)O)C4)cc(OC[C@H](C)OC)nc23)cc1. The maximum atomic E-state index is 17.1. The van der Waals surface area contributed by atoms with Crippen LogP contribution in [0.25, 0.3) is 32.9 Å². The van der Waals surface area contributed by atoms with Crippen LogP contribution in [-0.2, 0) is 21.6 Å². The predicted octanol–water partition coefficient (Wildman–Crippen LogP) is 11.3. The molecule has 1 saturated heterocycles. The van der Waals surface area contributed by atoms with Crippen molar-refractivity contribution in [3.05, 3.63) is 184 Å². The maximum Gasteiger partial charge on any atom is 0.407 e. The van der Waals surface area contributed by atoms with Gasteiger partial charge < -0.3 is 33.7 Å². The lowest BCUT2D eigenvalue weighted by molar-refractivity contribution is 0.0600. The third-order valence-electron chi connectivity index (χ3n) is 13.6. The Kier molecular flexibility index (Phi) is 12.7. The monoisotopic (exact) mass is 940 g/mol. The van der Waals surface area contributed by atoms with Crippen molar-refractivity contribution in [3.8, 4) is 28.5 Å². The molecule has 12 nitrogen and oxygen atoms in total. The number of ether oxygens (including phenoxy) is 5. The number of carboxylic acid groups (broad SMARTS) is 1. The molecule has 0 spiro atoms. The van der Waals surface area contributed by atoms with Crippen molar-refractivity contribution in [2.24, 2.45) is 0 Å². The van der Waals surface area contributed by atoms with Gasteiger partial charge in [-0.25, -0.2) is 19.0 Å². The van der Waals surface area contributed by atoms with Gasteiger partial charge in [0.2, 0.25) is 5.88 Å². The van der Waals surface area contributed by atoms with Crippen molar-refractivity contribution in [1.29, 1.82) is 0 Å². The molecule has 13 heteroatoms. The fourth-order valence-corrected chi connectivity index (χ4v) is 9.71. The summed E-state index contributed by atoms with van der Waals surface area (Å²) in [5.74, 6) is 0.273. The number of hydrogen-bond donors (Lipinski definition) is 1. The number of carbonyl (C=O) groups is 2. The molecule has 1 aliphatic heterocycles. The highest BCUT2D eigenvalue weighted by molar-refractivity contribution is 6.05. The van der Waals surface area contributed by atoms with Gasteiger partial charge in [-0.05, 0) is 84.2 Å². The molecule has 1 aliphatic carbocycles. The minimum absolute atomic E-state index is 0.0490. The predicted molar refractivity (Wildman–Crippen MR) is 264 cm³/mol. The van der Waals surface area contributed by atoms with Crippen LogP contribution in [0.5, 0.6) is 17.4 Å². The first-order chi connectivity index (χ1) is 34.1. The Labute approximate surface area is 405 Å². The summed E-state index contributed by atoms with van der Waals surface area (Å²) >= 11 is 0. The second-order valence-electron chi connectivity index (χ2n) is 18.1. The van der Waals surface area contributed by atoms with E-state index in [-0.39, 0.29) is 37.7 Å². The number of hydrogen-bond acceptors (Lipinski definition) is 9. The average molecular weight is 941 g/mol. The number of aromatic nitrogens is 3.